The minimum atomic E-state index is 0.566. The molecule has 2 aromatic heterocycles. The van der Waals surface area contributed by atoms with Gasteiger partial charge in [0.25, 0.3) is 0 Å². The lowest BCUT2D eigenvalue weighted by Crippen LogP contribution is -1.99. The van der Waals surface area contributed by atoms with E-state index in [0.29, 0.717) is 16.7 Å². The molecular weight excluding hydrogens is 538 g/mol. The van der Waals surface area contributed by atoms with E-state index < -0.39 is 0 Å². The van der Waals surface area contributed by atoms with Crippen molar-refractivity contribution in [1.29, 1.82) is 15.8 Å². The summed E-state index contributed by atoms with van der Waals surface area (Å²) in [5, 5.41) is 33.3. The molecular formula is C39H21N5. The van der Waals surface area contributed by atoms with Crippen LogP contribution in [-0.2, 0) is 0 Å². The third-order valence-electron chi connectivity index (χ3n) is 8.39. The first-order valence-electron chi connectivity index (χ1n) is 14.2. The van der Waals surface area contributed by atoms with Crippen LogP contribution in [0.1, 0.15) is 16.7 Å². The molecule has 0 fully saturated rings. The number of nitriles is 3. The Morgan fingerprint density at radius 2 is 0.932 bits per heavy atom. The van der Waals surface area contributed by atoms with Crippen LogP contribution in [0.15, 0.2) is 127 Å². The number of hydrogen-bond donors (Lipinski definition) is 0. The lowest BCUT2D eigenvalue weighted by molar-refractivity contribution is 1.17. The highest BCUT2D eigenvalue weighted by Gasteiger charge is 2.18. The lowest BCUT2D eigenvalue weighted by Gasteiger charge is -2.16. The number of benzene rings is 6. The van der Waals surface area contributed by atoms with Gasteiger partial charge < -0.3 is 9.13 Å². The fourth-order valence-electron chi connectivity index (χ4n) is 6.47. The molecule has 0 saturated carbocycles. The molecule has 8 rings (SSSR count). The van der Waals surface area contributed by atoms with Gasteiger partial charge in [0.2, 0.25) is 0 Å². The summed E-state index contributed by atoms with van der Waals surface area (Å²) < 4.78 is 4.45. The van der Waals surface area contributed by atoms with Crippen molar-refractivity contribution in [2.45, 2.75) is 0 Å². The van der Waals surface area contributed by atoms with Gasteiger partial charge in [-0.2, -0.15) is 15.8 Å². The maximum absolute atomic E-state index is 9.89. The zero-order valence-electron chi connectivity index (χ0n) is 23.4. The number of aromatic nitrogens is 2. The largest absolute Gasteiger partial charge is 0.309 e. The average molecular weight is 560 g/mol. The van der Waals surface area contributed by atoms with Crippen molar-refractivity contribution in [2.75, 3.05) is 0 Å². The van der Waals surface area contributed by atoms with Crippen molar-refractivity contribution in [2.24, 2.45) is 0 Å². The summed E-state index contributed by atoms with van der Waals surface area (Å²) in [7, 11) is 0. The second-order valence-corrected chi connectivity index (χ2v) is 10.8. The molecule has 0 radical (unpaired) electrons. The fraction of sp³-hybridized carbons (Fsp3) is 0. The quantitative estimate of drug-likeness (QED) is 0.216. The van der Waals surface area contributed by atoms with Crippen LogP contribution in [0.25, 0.3) is 66.1 Å². The lowest BCUT2D eigenvalue weighted by atomic mass is 10.00. The summed E-state index contributed by atoms with van der Waals surface area (Å²) in [5.41, 5.74) is 9.63. The summed E-state index contributed by atoms with van der Waals surface area (Å²) in [5.74, 6) is 0. The smallest absolute Gasteiger partial charge is 0.0991 e. The van der Waals surface area contributed by atoms with Crippen LogP contribution in [-0.4, -0.2) is 9.13 Å². The molecule has 8 aromatic rings. The molecule has 0 aliphatic rings. The SMILES string of the molecule is N#Cc1ccc(-n2c3ccccc3c3ccccc32)c(-c2cccc(-n3c4ccc(C#N)cc4c4cc(C#N)ccc43)c2)c1. The van der Waals surface area contributed by atoms with Crippen LogP contribution in [0, 0.1) is 34.0 Å². The highest BCUT2D eigenvalue weighted by molar-refractivity contribution is 6.11. The van der Waals surface area contributed by atoms with E-state index in [1.165, 1.54) is 10.8 Å². The van der Waals surface area contributed by atoms with Gasteiger partial charge in [0, 0.05) is 32.8 Å². The molecule has 0 unspecified atom stereocenters. The Bertz CT molecular complexity index is 2470. The minimum Gasteiger partial charge on any atom is -0.309 e. The van der Waals surface area contributed by atoms with E-state index in [1.807, 2.05) is 60.7 Å². The molecule has 0 aliphatic carbocycles. The second-order valence-electron chi connectivity index (χ2n) is 10.8. The van der Waals surface area contributed by atoms with Crippen LogP contribution < -0.4 is 0 Å². The molecule has 5 nitrogen and oxygen atoms in total. The molecule has 0 bridgehead atoms. The third-order valence-corrected chi connectivity index (χ3v) is 8.39. The maximum Gasteiger partial charge on any atom is 0.0991 e. The van der Waals surface area contributed by atoms with E-state index in [0.717, 1.165) is 55.3 Å². The van der Waals surface area contributed by atoms with Crippen molar-refractivity contribution in [1.82, 2.24) is 9.13 Å². The van der Waals surface area contributed by atoms with E-state index >= 15 is 0 Å². The Morgan fingerprint density at radius 3 is 1.52 bits per heavy atom. The molecule has 6 aromatic carbocycles. The van der Waals surface area contributed by atoms with Gasteiger partial charge in [0.15, 0.2) is 0 Å². The van der Waals surface area contributed by atoms with Crippen LogP contribution in [0.4, 0.5) is 0 Å². The van der Waals surface area contributed by atoms with Gasteiger partial charge in [0.1, 0.15) is 0 Å². The summed E-state index contributed by atoms with van der Waals surface area (Å²) in [6.45, 7) is 0. The maximum atomic E-state index is 9.89. The van der Waals surface area contributed by atoms with Crippen molar-refractivity contribution >= 4 is 43.6 Å². The van der Waals surface area contributed by atoms with Crippen LogP contribution in [0.5, 0.6) is 0 Å². The van der Waals surface area contributed by atoms with Gasteiger partial charge in [-0.1, -0.05) is 48.5 Å². The molecule has 0 amide bonds. The van der Waals surface area contributed by atoms with Gasteiger partial charge in [-0.3, -0.25) is 0 Å². The zero-order valence-corrected chi connectivity index (χ0v) is 23.4. The van der Waals surface area contributed by atoms with Crippen molar-refractivity contribution < 1.29 is 0 Å². The van der Waals surface area contributed by atoms with Crippen molar-refractivity contribution in [3.8, 4) is 40.7 Å². The van der Waals surface area contributed by atoms with E-state index in [9.17, 15) is 15.8 Å². The molecule has 2 heterocycles. The monoisotopic (exact) mass is 559 g/mol. The van der Waals surface area contributed by atoms with Crippen molar-refractivity contribution in [3.63, 3.8) is 0 Å². The van der Waals surface area contributed by atoms with Crippen LogP contribution >= 0.6 is 0 Å². The molecule has 202 valence electrons. The summed E-state index contributed by atoms with van der Waals surface area (Å²) in [6.07, 6.45) is 0. The predicted octanol–water partition coefficient (Wildman–Crippen LogP) is 9.16. The van der Waals surface area contributed by atoms with E-state index in [4.69, 9.17) is 0 Å². The Kier molecular flexibility index (Phi) is 5.56. The summed E-state index contributed by atoms with van der Waals surface area (Å²) in [6, 6.07) is 49.1. The highest BCUT2D eigenvalue weighted by atomic mass is 15.0. The molecule has 0 saturated heterocycles. The average Bonchev–Trinajstić information content (AvgIpc) is 3.60. The molecule has 44 heavy (non-hydrogen) atoms. The van der Waals surface area contributed by atoms with E-state index in [2.05, 4.69) is 94.1 Å². The third kappa shape index (κ3) is 3.70. The Morgan fingerprint density at radius 1 is 0.409 bits per heavy atom. The van der Waals surface area contributed by atoms with E-state index in [-0.39, 0.29) is 0 Å². The summed E-state index contributed by atoms with van der Waals surface area (Å²) >= 11 is 0. The van der Waals surface area contributed by atoms with Gasteiger partial charge in [-0.25, -0.2) is 0 Å². The van der Waals surface area contributed by atoms with Crippen LogP contribution in [0.3, 0.4) is 0 Å². The van der Waals surface area contributed by atoms with Crippen molar-refractivity contribution in [3.05, 3.63) is 144 Å². The second kappa shape index (κ2) is 9.74. The Hall–Kier alpha value is -6.61. The first-order valence-corrected chi connectivity index (χ1v) is 14.2. The molecule has 0 aliphatic heterocycles. The van der Waals surface area contributed by atoms with E-state index in [1.54, 1.807) is 0 Å². The highest BCUT2D eigenvalue weighted by Crippen LogP contribution is 2.38. The standard InChI is InChI=1S/C39H21N5/c40-22-25-12-15-37(44-35-10-3-1-8-30(35)31-9-2-4-11-36(31)44)32(18-25)28-6-5-7-29(21-28)43-38-16-13-26(23-41)19-33(38)34-20-27(24-42)14-17-39(34)43/h1-21H. The topological polar surface area (TPSA) is 81.2 Å². The minimum absolute atomic E-state index is 0.566. The number of fused-ring (bicyclic) bond motifs is 6. The van der Waals surface area contributed by atoms with Crippen LogP contribution in [0.2, 0.25) is 0 Å². The van der Waals surface area contributed by atoms with Gasteiger partial charge in [-0.05, 0) is 84.4 Å². The van der Waals surface area contributed by atoms with Gasteiger partial charge in [-0.15, -0.1) is 0 Å². The molecule has 0 spiro atoms. The number of para-hydroxylation sites is 2. The first kappa shape index (κ1) is 25.1. The predicted molar refractivity (Wildman–Crippen MR) is 175 cm³/mol. The summed E-state index contributed by atoms with van der Waals surface area (Å²) in [4.78, 5) is 0. The molecule has 0 N–H and O–H groups in total. The number of rotatable bonds is 3. The zero-order chi connectivity index (χ0) is 29.8. The Labute approximate surface area is 252 Å². The Balaban J connectivity index is 1.41. The van der Waals surface area contributed by atoms with Gasteiger partial charge >= 0.3 is 0 Å². The number of hydrogen-bond acceptors (Lipinski definition) is 3. The molecule has 0 atom stereocenters. The number of nitrogens with zero attached hydrogens (tertiary/aromatic N) is 5. The van der Waals surface area contributed by atoms with Gasteiger partial charge in [0.05, 0.1) is 62.7 Å². The fourth-order valence-corrected chi connectivity index (χ4v) is 6.47. The molecule has 5 heteroatoms. The normalized spacial score (nSPS) is 11.1. The first-order chi connectivity index (χ1) is 21.7.